The van der Waals surface area contributed by atoms with Crippen LogP contribution in [0.15, 0.2) is 47.4 Å². The summed E-state index contributed by atoms with van der Waals surface area (Å²) >= 11 is 0. The molecule has 1 fully saturated rings. The van der Waals surface area contributed by atoms with Crippen molar-refractivity contribution in [1.29, 1.82) is 0 Å². The minimum absolute atomic E-state index is 0.0624. The third-order valence-corrected chi connectivity index (χ3v) is 6.46. The molecule has 4 rings (SSSR count). The highest BCUT2D eigenvalue weighted by Crippen LogP contribution is 2.34. The molecule has 0 bridgehead atoms. The highest BCUT2D eigenvalue weighted by molar-refractivity contribution is 7.89. The van der Waals surface area contributed by atoms with Crippen molar-refractivity contribution >= 4 is 10.0 Å². The topological polar surface area (TPSA) is 77.1 Å². The number of nitrogens with zero attached hydrogens (tertiary/aromatic N) is 1. The molecule has 0 saturated carbocycles. The van der Waals surface area contributed by atoms with Gasteiger partial charge in [0.15, 0.2) is 11.5 Å². The zero-order valence-electron chi connectivity index (χ0n) is 15.8. The van der Waals surface area contributed by atoms with Crippen molar-refractivity contribution in [3.05, 3.63) is 53.6 Å². The number of sulfonamides is 1. The van der Waals surface area contributed by atoms with Gasteiger partial charge in [-0.25, -0.2) is 13.1 Å². The first-order chi connectivity index (χ1) is 13.5. The van der Waals surface area contributed by atoms with Gasteiger partial charge in [0.05, 0.1) is 18.1 Å². The molecular formula is C20H24N2O5S. The van der Waals surface area contributed by atoms with Crippen LogP contribution in [-0.4, -0.2) is 53.0 Å². The van der Waals surface area contributed by atoms with E-state index in [0.717, 1.165) is 24.2 Å². The van der Waals surface area contributed by atoms with Crippen LogP contribution in [0.1, 0.15) is 17.2 Å². The van der Waals surface area contributed by atoms with Crippen LogP contribution in [0.4, 0.5) is 0 Å². The van der Waals surface area contributed by atoms with E-state index in [1.54, 1.807) is 6.07 Å². The molecule has 1 unspecified atom stereocenters. The number of morpholine rings is 1. The molecule has 1 atom stereocenters. The molecule has 0 amide bonds. The second kappa shape index (κ2) is 8.08. The Hall–Kier alpha value is -2.13. The van der Waals surface area contributed by atoms with Crippen LogP contribution < -0.4 is 14.2 Å². The summed E-state index contributed by atoms with van der Waals surface area (Å²) < 4.78 is 44.5. The van der Waals surface area contributed by atoms with Crippen LogP contribution in [0, 0.1) is 6.92 Å². The molecule has 2 aliphatic rings. The average molecular weight is 404 g/mol. The Morgan fingerprint density at radius 2 is 1.86 bits per heavy atom. The molecule has 7 nitrogen and oxygen atoms in total. The maximum Gasteiger partial charge on any atom is 0.240 e. The van der Waals surface area contributed by atoms with Gasteiger partial charge in [-0.05, 0) is 24.6 Å². The summed E-state index contributed by atoms with van der Waals surface area (Å²) in [4.78, 5) is 2.43. The van der Waals surface area contributed by atoms with E-state index in [-0.39, 0.29) is 24.3 Å². The third kappa shape index (κ3) is 4.15. The monoisotopic (exact) mass is 404 g/mol. The zero-order chi connectivity index (χ0) is 19.6. The number of hydrogen-bond donors (Lipinski definition) is 1. The molecule has 1 saturated heterocycles. The van der Waals surface area contributed by atoms with E-state index in [1.165, 1.54) is 12.1 Å². The summed E-state index contributed by atoms with van der Waals surface area (Å²) in [6.45, 7) is 5.26. The Kier molecular flexibility index (Phi) is 5.54. The van der Waals surface area contributed by atoms with Crippen molar-refractivity contribution in [3.8, 4) is 11.5 Å². The Balaban J connectivity index is 1.54. The molecule has 2 heterocycles. The van der Waals surface area contributed by atoms with E-state index in [4.69, 9.17) is 14.2 Å². The number of nitrogens with one attached hydrogen (secondary N) is 1. The fraction of sp³-hybridized carbons (Fsp3) is 0.400. The molecule has 2 aliphatic heterocycles. The van der Waals surface area contributed by atoms with Gasteiger partial charge in [0.25, 0.3) is 0 Å². The van der Waals surface area contributed by atoms with Crippen LogP contribution in [0.3, 0.4) is 0 Å². The number of ether oxygens (including phenoxy) is 3. The van der Waals surface area contributed by atoms with Gasteiger partial charge in [-0.3, -0.25) is 4.90 Å². The van der Waals surface area contributed by atoms with Crippen LogP contribution in [0.2, 0.25) is 0 Å². The molecule has 1 N–H and O–H groups in total. The molecule has 0 radical (unpaired) electrons. The lowest BCUT2D eigenvalue weighted by molar-refractivity contribution is 0.0172. The summed E-state index contributed by atoms with van der Waals surface area (Å²) in [6.07, 6.45) is 0. The van der Waals surface area contributed by atoms with Gasteiger partial charge in [-0.1, -0.05) is 29.8 Å². The molecular weight excluding hydrogens is 380 g/mol. The van der Waals surface area contributed by atoms with Crippen molar-refractivity contribution in [2.45, 2.75) is 17.9 Å². The highest BCUT2D eigenvalue weighted by atomic mass is 32.2. The minimum atomic E-state index is -3.68. The van der Waals surface area contributed by atoms with Crippen molar-refractivity contribution in [2.75, 3.05) is 39.6 Å². The smallest absolute Gasteiger partial charge is 0.240 e. The molecule has 0 spiro atoms. The molecule has 8 heteroatoms. The standard InChI is InChI=1S/C20H24N2O5S/c1-15-3-2-4-16(11-15)18(22-7-9-25-10-8-22)13-21-28(23,24)17-5-6-19-20(12-17)27-14-26-19/h2-6,11-12,18,21H,7-10,13-14H2,1H3. The Morgan fingerprint density at radius 3 is 2.64 bits per heavy atom. The maximum absolute atomic E-state index is 12.9. The second-order valence-corrected chi connectivity index (χ2v) is 8.71. The Bertz CT molecular complexity index is 941. The van der Waals surface area contributed by atoms with Gasteiger partial charge in [-0.15, -0.1) is 0 Å². The number of aryl methyl sites for hydroxylation is 1. The van der Waals surface area contributed by atoms with E-state index in [9.17, 15) is 8.42 Å². The van der Waals surface area contributed by atoms with Crippen molar-refractivity contribution in [1.82, 2.24) is 9.62 Å². The lowest BCUT2D eigenvalue weighted by Crippen LogP contribution is -2.43. The summed E-state index contributed by atoms with van der Waals surface area (Å²) in [5.74, 6) is 1.01. The van der Waals surface area contributed by atoms with Gasteiger partial charge in [0.2, 0.25) is 16.8 Å². The van der Waals surface area contributed by atoms with E-state index in [2.05, 4.69) is 15.7 Å². The highest BCUT2D eigenvalue weighted by Gasteiger charge is 2.26. The van der Waals surface area contributed by atoms with Gasteiger partial charge in [-0.2, -0.15) is 0 Å². The van der Waals surface area contributed by atoms with Gasteiger partial charge in [0, 0.05) is 31.7 Å². The summed E-state index contributed by atoms with van der Waals surface area (Å²) in [5.41, 5.74) is 2.24. The van der Waals surface area contributed by atoms with E-state index in [1.807, 2.05) is 25.1 Å². The lowest BCUT2D eigenvalue weighted by Gasteiger charge is -2.35. The Morgan fingerprint density at radius 1 is 1.07 bits per heavy atom. The van der Waals surface area contributed by atoms with E-state index < -0.39 is 10.0 Å². The number of hydrogen-bond acceptors (Lipinski definition) is 6. The first-order valence-corrected chi connectivity index (χ1v) is 10.8. The van der Waals surface area contributed by atoms with Crippen LogP contribution in [-0.2, 0) is 14.8 Å². The van der Waals surface area contributed by atoms with Crippen LogP contribution in [0.25, 0.3) is 0 Å². The number of rotatable bonds is 6. The Labute approximate surface area is 165 Å². The average Bonchev–Trinajstić information content (AvgIpc) is 3.17. The van der Waals surface area contributed by atoms with Crippen molar-refractivity contribution in [2.24, 2.45) is 0 Å². The SMILES string of the molecule is Cc1cccc(C(CNS(=O)(=O)c2ccc3c(c2)OCO3)N2CCOCC2)c1. The first-order valence-electron chi connectivity index (χ1n) is 9.31. The maximum atomic E-state index is 12.9. The van der Waals surface area contributed by atoms with Crippen LogP contribution >= 0.6 is 0 Å². The van der Waals surface area contributed by atoms with Gasteiger partial charge in [0.1, 0.15) is 0 Å². The molecule has 2 aromatic rings. The van der Waals surface area contributed by atoms with Crippen LogP contribution in [0.5, 0.6) is 11.5 Å². The van der Waals surface area contributed by atoms with Crippen molar-refractivity contribution < 1.29 is 22.6 Å². The zero-order valence-corrected chi connectivity index (χ0v) is 16.6. The van der Waals surface area contributed by atoms with Gasteiger partial charge >= 0.3 is 0 Å². The first kappa shape index (κ1) is 19.2. The van der Waals surface area contributed by atoms with E-state index in [0.29, 0.717) is 24.7 Å². The summed E-state index contributed by atoms with van der Waals surface area (Å²) in [6, 6.07) is 12.8. The normalized spacial score (nSPS) is 18.2. The third-order valence-electron chi connectivity index (χ3n) is 5.03. The number of benzene rings is 2. The second-order valence-electron chi connectivity index (χ2n) is 6.95. The molecule has 150 valence electrons. The number of fused-ring (bicyclic) bond motifs is 1. The minimum Gasteiger partial charge on any atom is -0.454 e. The molecule has 2 aromatic carbocycles. The molecule has 28 heavy (non-hydrogen) atoms. The quantitative estimate of drug-likeness (QED) is 0.794. The molecule has 0 aromatic heterocycles. The lowest BCUT2D eigenvalue weighted by atomic mass is 10.0. The fourth-order valence-corrected chi connectivity index (χ4v) is 4.59. The van der Waals surface area contributed by atoms with Crippen molar-refractivity contribution in [3.63, 3.8) is 0 Å². The largest absolute Gasteiger partial charge is 0.454 e. The summed E-state index contributed by atoms with van der Waals surface area (Å²) in [5, 5.41) is 0. The summed E-state index contributed by atoms with van der Waals surface area (Å²) in [7, 11) is -3.68. The van der Waals surface area contributed by atoms with Gasteiger partial charge < -0.3 is 14.2 Å². The predicted octanol–water partition coefficient (Wildman–Crippen LogP) is 2.08. The van der Waals surface area contributed by atoms with E-state index >= 15 is 0 Å². The fourth-order valence-electron chi connectivity index (χ4n) is 3.54. The molecule has 0 aliphatic carbocycles. The predicted molar refractivity (Wildman–Crippen MR) is 104 cm³/mol.